The first-order valence-corrected chi connectivity index (χ1v) is 8.89. The molecule has 26 heavy (non-hydrogen) atoms. The van der Waals surface area contributed by atoms with Gasteiger partial charge in [0.2, 0.25) is 11.8 Å². The lowest BCUT2D eigenvalue weighted by Crippen LogP contribution is -2.23. The number of H-pyrrole nitrogens is 1. The van der Waals surface area contributed by atoms with Gasteiger partial charge in [0.05, 0.1) is 30.1 Å². The van der Waals surface area contributed by atoms with Crippen LogP contribution in [0.4, 0.5) is 0 Å². The van der Waals surface area contributed by atoms with Crippen LogP contribution >= 0.6 is 0 Å². The van der Waals surface area contributed by atoms with E-state index in [-0.39, 0.29) is 18.4 Å². The molecule has 3 aromatic rings. The van der Waals surface area contributed by atoms with Gasteiger partial charge in [-0.05, 0) is 38.3 Å². The molecule has 2 N–H and O–H groups in total. The zero-order valence-corrected chi connectivity index (χ0v) is 15.0. The summed E-state index contributed by atoms with van der Waals surface area (Å²) in [5.41, 5.74) is 3.69. The standard InChI is InChI=1S/C19H22N4O3/c1-11-12(2)21-17-14(11)6-3-7-15(17)18(24)20-9-16-22-23-19(26-16)13-5-4-8-25-10-13/h3,6-7,13,21H,4-5,8-10H2,1-2H3,(H,20,24). The lowest BCUT2D eigenvalue weighted by atomic mass is 10.0. The molecule has 1 aliphatic heterocycles. The molecule has 1 atom stereocenters. The molecule has 3 heterocycles. The number of amides is 1. The molecular weight excluding hydrogens is 332 g/mol. The Hall–Kier alpha value is -2.67. The van der Waals surface area contributed by atoms with Gasteiger partial charge in [0, 0.05) is 17.7 Å². The second-order valence-corrected chi connectivity index (χ2v) is 6.73. The number of ether oxygens (including phenoxy) is 1. The van der Waals surface area contributed by atoms with E-state index in [1.807, 2.05) is 32.0 Å². The summed E-state index contributed by atoms with van der Waals surface area (Å²) in [5.74, 6) is 0.980. The van der Waals surface area contributed by atoms with E-state index in [1.165, 1.54) is 0 Å². The van der Waals surface area contributed by atoms with Gasteiger partial charge in [-0.25, -0.2) is 0 Å². The highest BCUT2D eigenvalue weighted by molar-refractivity contribution is 6.06. The molecule has 0 spiro atoms. The fraction of sp³-hybridized carbons (Fsp3) is 0.421. The molecule has 2 aromatic heterocycles. The fourth-order valence-corrected chi connectivity index (χ4v) is 3.36. The highest BCUT2D eigenvalue weighted by Gasteiger charge is 2.22. The third-order valence-corrected chi connectivity index (χ3v) is 4.98. The number of rotatable bonds is 4. The van der Waals surface area contributed by atoms with Crippen LogP contribution in [-0.2, 0) is 11.3 Å². The summed E-state index contributed by atoms with van der Waals surface area (Å²) in [6.45, 7) is 5.66. The third kappa shape index (κ3) is 3.10. The van der Waals surface area contributed by atoms with Crippen LogP contribution in [0.5, 0.6) is 0 Å². The van der Waals surface area contributed by atoms with Crippen molar-refractivity contribution >= 4 is 16.8 Å². The Morgan fingerprint density at radius 2 is 2.23 bits per heavy atom. The number of hydrogen-bond donors (Lipinski definition) is 2. The van der Waals surface area contributed by atoms with Crippen LogP contribution in [0.15, 0.2) is 22.6 Å². The van der Waals surface area contributed by atoms with Crippen molar-refractivity contribution in [3.05, 3.63) is 46.8 Å². The number of nitrogens with zero attached hydrogens (tertiary/aromatic N) is 2. The summed E-state index contributed by atoms with van der Waals surface area (Å²) >= 11 is 0. The van der Waals surface area contributed by atoms with E-state index in [0.29, 0.717) is 24.0 Å². The molecule has 1 fully saturated rings. The summed E-state index contributed by atoms with van der Waals surface area (Å²) in [6, 6.07) is 5.72. The molecule has 7 heteroatoms. The molecule has 7 nitrogen and oxygen atoms in total. The summed E-state index contributed by atoms with van der Waals surface area (Å²) in [7, 11) is 0. The molecule has 4 rings (SSSR count). The SMILES string of the molecule is Cc1[nH]c2c(C(=O)NCc3nnc(C4CCCOC4)o3)cccc2c1C. The minimum absolute atomic E-state index is 0.152. The average Bonchev–Trinajstić information content (AvgIpc) is 3.26. The van der Waals surface area contributed by atoms with Crippen molar-refractivity contribution in [3.8, 4) is 0 Å². The van der Waals surface area contributed by atoms with Gasteiger partial charge in [0.15, 0.2) is 0 Å². The molecule has 1 unspecified atom stereocenters. The fourth-order valence-electron chi connectivity index (χ4n) is 3.36. The molecule has 1 saturated heterocycles. The lowest BCUT2D eigenvalue weighted by molar-refractivity contribution is 0.0720. The maximum absolute atomic E-state index is 12.6. The Balaban J connectivity index is 1.46. The minimum atomic E-state index is -0.169. The summed E-state index contributed by atoms with van der Waals surface area (Å²) < 4.78 is 11.1. The maximum atomic E-state index is 12.6. The highest BCUT2D eigenvalue weighted by atomic mass is 16.5. The van der Waals surface area contributed by atoms with Crippen LogP contribution < -0.4 is 5.32 Å². The number of aromatic amines is 1. The Labute approximate surface area is 151 Å². The number of carbonyl (C=O) groups excluding carboxylic acids is 1. The van der Waals surface area contributed by atoms with Crippen molar-refractivity contribution < 1.29 is 13.9 Å². The van der Waals surface area contributed by atoms with Crippen LogP contribution in [0, 0.1) is 13.8 Å². The van der Waals surface area contributed by atoms with Crippen LogP contribution in [-0.4, -0.2) is 34.3 Å². The molecule has 1 amide bonds. The first-order chi connectivity index (χ1) is 12.6. The van der Waals surface area contributed by atoms with Crippen molar-refractivity contribution in [2.45, 2.75) is 39.2 Å². The summed E-state index contributed by atoms with van der Waals surface area (Å²) in [6.07, 6.45) is 1.99. The third-order valence-electron chi connectivity index (χ3n) is 4.98. The Bertz CT molecular complexity index is 938. The van der Waals surface area contributed by atoms with Crippen molar-refractivity contribution in [1.82, 2.24) is 20.5 Å². The molecule has 136 valence electrons. The van der Waals surface area contributed by atoms with Crippen molar-refractivity contribution in [2.75, 3.05) is 13.2 Å². The number of benzene rings is 1. The van der Waals surface area contributed by atoms with E-state index in [1.54, 1.807) is 0 Å². The number of carbonyl (C=O) groups is 1. The van der Waals surface area contributed by atoms with E-state index in [0.717, 1.165) is 41.6 Å². The molecule has 0 bridgehead atoms. The number of aryl methyl sites for hydroxylation is 2. The smallest absolute Gasteiger partial charge is 0.253 e. The predicted octanol–water partition coefficient (Wildman–Crippen LogP) is 2.99. The maximum Gasteiger partial charge on any atom is 0.253 e. The Kier molecular flexibility index (Phi) is 4.46. The van der Waals surface area contributed by atoms with E-state index >= 15 is 0 Å². The molecule has 0 saturated carbocycles. The van der Waals surface area contributed by atoms with Crippen LogP contribution in [0.3, 0.4) is 0 Å². The average molecular weight is 354 g/mol. The van der Waals surface area contributed by atoms with E-state index in [4.69, 9.17) is 9.15 Å². The van der Waals surface area contributed by atoms with E-state index in [2.05, 4.69) is 20.5 Å². The largest absolute Gasteiger partial charge is 0.423 e. The van der Waals surface area contributed by atoms with Crippen LogP contribution in [0.2, 0.25) is 0 Å². The van der Waals surface area contributed by atoms with Gasteiger partial charge >= 0.3 is 0 Å². The minimum Gasteiger partial charge on any atom is -0.423 e. The van der Waals surface area contributed by atoms with Crippen LogP contribution in [0.25, 0.3) is 10.9 Å². The lowest BCUT2D eigenvalue weighted by Gasteiger charge is -2.18. The van der Waals surface area contributed by atoms with E-state index in [9.17, 15) is 4.79 Å². The number of para-hydroxylation sites is 1. The Morgan fingerprint density at radius 3 is 3.04 bits per heavy atom. The normalized spacial score (nSPS) is 17.5. The van der Waals surface area contributed by atoms with Crippen molar-refractivity contribution in [3.63, 3.8) is 0 Å². The second kappa shape index (κ2) is 6.92. The molecular formula is C19H22N4O3. The molecule has 1 aliphatic rings. The monoisotopic (exact) mass is 354 g/mol. The number of nitrogens with one attached hydrogen (secondary N) is 2. The molecule has 0 aliphatic carbocycles. The van der Waals surface area contributed by atoms with E-state index < -0.39 is 0 Å². The zero-order chi connectivity index (χ0) is 18.1. The first kappa shape index (κ1) is 16.8. The van der Waals surface area contributed by atoms with Gasteiger partial charge in [-0.2, -0.15) is 0 Å². The number of hydrogen-bond acceptors (Lipinski definition) is 5. The van der Waals surface area contributed by atoms with Crippen molar-refractivity contribution in [1.29, 1.82) is 0 Å². The van der Waals surface area contributed by atoms with Gasteiger partial charge < -0.3 is 19.5 Å². The second-order valence-electron chi connectivity index (χ2n) is 6.73. The number of fused-ring (bicyclic) bond motifs is 1. The van der Waals surface area contributed by atoms with Gasteiger partial charge in [0.1, 0.15) is 0 Å². The van der Waals surface area contributed by atoms with Gasteiger partial charge in [-0.1, -0.05) is 12.1 Å². The topological polar surface area (TPSA) is 93.0 Å². The summed E-state index contributed by atoms with van der Waals surface area (Å²) in [4.78, 5) is 15.9. The van der Waals surface area contributed by atoms with Gasteiger partial charge in [-0.3, -0.25) is 4.79 Å². The first-order valence-electron chi connectivity index (χ1n) is 8.89. The van der Waals surface area contributed by atoms with Gasteiger partial charge in [0.25, 0.3) is 5.91 Å². The molecule has 1 aromatic carbocycles. The van der Waals surface area contributed by atoms with Crippen molar-refractivity contribution in [2.24, 2.45) is 0 Å². The Morgan fingerprint density at radius 1 is 1.35 bits per heavy atom. The highest BCUT2D eigenvalue weighted by Crippen LogP contribution is 2.25. The zero-order valence-electron chi connectivity index (χ0n) is 15.0. The molecule has 0 radical (unpaired) electrons. The summed E-state index contributed by atoms with van der Waals surface area (Å²) in [5, 5.41) is 12.1. The predicted molar refractivity (Wildman–Crippen MR) is 96.0 cm³/mol. The van der Waals surface area contributed by atoms with Crippen LogP contribution in [0.1, 0.15) is 52.2 Å². The van der Waals surface area contributed by atoms with Gasteiger partial charge in [-0.15, -0.1) is 10.2 Å². The quantitative estimate of drug-likeness (QED) is 0.751. The number of aromatic nitrogens is 3.